The van der Waals surface area contributed by atoms with Gasteiger partial charge >= 0.3 is 0 Å². The molecule has 24 heavy (non-hydrogen) atoms. The summed E-state index contributed by atoms with van der Waals surface area (Å²) >= 11 is 7.32. The molecule has 3 rings (SSSR count). The summed E-state index contributed by atoms with van der Waals surface area (Å²) in [5.41, 5.74) is 0.957. The lowest BCUT2D eigenvalue weighted by Crippen LogP contribution is -2.32. The Morgan fingerprint density at radius 2 is 2.33 bits per heavy atom. The number of rotatable bonds is 7. The highest BCUT2D eigenvalue weighted by atomic mass is 35.5. The van der Waals surface area contributed by atoms with Gasteiger partial charge < -0.3 is 10.1 Å². The second-order valence-corrected chi connectivity index (χ2v) is 7.52. The fraction of sp³-hybridized carbons (Fsp3) is 0.438. The molecule has 8 heteroatoms. The zero-order valence-corrected chi connectivity index (χ0v) is 15.1. The molecule has 1 aromatic carbocycles. The minimum atomic E-state index is -0.228. The SMILES string of the molecule is Cc1cc(OCc2nc(S[C@H](C)C(=O)NC3CC3)n[nH]2)ccc1Cl. The molecule has 1 atom stereocenters. The molecule has 6 nitrogen and oxygen atoms in total. The van der Waals surface area contributed by atoms with Gasteiger partial charge in [0, 0.05) is 11.1 Å². The summed E-state index contributed by atoms with van der Waals surface area (Å²) in [7, 11) is 0. The van der Waals surface area contributed by atoms with Crippen molar-refractivity contribution < 1.29 is 9.53 Å². The number of ether oxygens (including phenoxy) is 1. The number of thioether (sulfide) groups is 1. The smallest absolute Gasteiger partial charge is 0.233 e. The number of nitrogens with one attached hydrogen (secondary N) is 2. The molecule has 0 radical (unpaired) electrons. The average Bonchev–Trinajstić information content (AvgIpc) is 3.25. The number of hydrogen-bond acceptors (Lipinski definition) is 5. The molecule has 0 bridgehead atoms. The normalized spacial score (nSPS) is 15.1. The predicted octanol–water partition coefficient (Wildman–Crippen LogP) is 3.10. The summed E-state index contributed by atoms with van der Waals surface area (Å²) in [6, 6.07) is 5.85. The zero-order chi connectivity index (χ0) is 17.1. The summed E-state index contributed by atoms with van der Waals surface area (Å²) in [6.07, 6.45) is 2.16. The Morgan fingerprint density at radius 3 is 3.04 bits per heavy atom. The number of halogens is 1. The summed E-state index contributed by atoms with van der Waals surface area (Å²) in [5, 5.41) is 11.0. The standard InChI is InChI=1S/C16H19ClN4O2S/c1-9-7-12(5-6-13(9)17)23-8-14-19-16(21-20-14)24-10(2)15(22)18-11-3-4-11/h5-7,10-11H,3-4,8H2,1-2H3,(H,18,22)(H,19,20,21)/t10-/m1/s1. The fourth-order valence-corrected chi connectivity index (χ4v) is 2.88. The topological polar surface area (TPSA) is 79.9 Å². The molecule has 0 saturated heterocycles. The Balaban J connectivity index is 1.51. The molecule has 1 amide bonds. The Kier molecular flexibility index (Phi) is 5.30. The van der Waals surface area contributed by atoms with Crippen molar-refractivity contribution >= 4 is 29.3 Å². The molecule has 0 unspecified atom stereocenters. The van der Waals surface area contributed by atoms with Gasteiger partial charge in [-0.2, -0.15) is 0 Å². The number of H-pyrrole nitrogens is 1. The van der Waals surface area contributed by atoms with Gasteiger partial charge in [-0.1, -0.05) is 23.4 Å². The summed E-state index contributed by atoms with van der Waals surface area (Å²) < 4.78 is 5.67. The maximum absolute atomic E-state index is 11.9. The van der Waals surface area contributed by atoms with Crippen LogP contribution in [-0.4, -0.2) is 32.4 Å². The van der Waals surface area contributed by atoms with Crippen LogP contribution in [0.1, 0.15) is 31.2 Å². The second kappa shape index (κ2) is 7.44. The highest BCUT2D eigenvalue weighted by Gasteiger charge is 2.26. The van der Waals surface area contributed by atoms with E-state index in [2.05, 4.69) is 20.5 Å². The first-order chi connectivity index (χ1) is 11.5. The third-order valence-corrected chi connectivity index (χ3v) is 4.98. The van der Waals surface area contributed by atoms with Crippen LogP contribution in [0.25, 0.3) is 0 Å². The van der Waals surface area contributed by atoms with Crippen LogP contribution in [0.15, 0.2) is 23.4 Å². The Morgan fingerprint density at radius 1 is 1.54 bits per heavy atom. The molecule has 1 aliphatic rings. The van der Waals surface area contributed by atoms with Crippen LogP contribution in [0.5, 0.6) is 5.75 Å². The lowest BCUT2D eigenvalue weighted by atomic mass is 10.2. The first-order valence-corrected chi connectivity index (χ1v) is 9.04. The molecule has 1 aliphatic carbocycles. The molecule has 2 N–H and O–H groups in total. The minimum absolute atomic E-state index is 0.0294. The lowest BCUT2D eigenvalue weighted by molar-refractivity contribution is -0.120. The van der Waals surface area contributed by atoms with Crippen LogP contribution < -0.4 is 10.1 Å². The molecule has 0 aliphatic heterocycles. The third-order valence-electron chi connectivity index (χ3n) is 3.59. The number of hydrogen-bond donors (Lipinski definition) is 2. The van der Waals surface area contributed by atoms with Gasteiger partial charge in [0.15, 0.2) is 5.82 Å². The molecule has 0 spiro atoms. The van der Waals surface area contributed by atoms with E-state index in [4.69, 9.17) is 16.3 Å². The molecular formula is C16H19ClN4O2S. The molecule has 2 aromatic rings. The summed E-state index contributed by atoms with van der Waals surface area (Å²) in [5.74, 6) is 1.36. The van der Waals surface area contributed by atoms with Crippen molar-refractivity contribution in [1.82, 2.24) is 20.5 Å². The number of amides is 1. The van der Waals surface area contributed by atoms with E-state index >= 15 is 0 Å². The first-order valence-electron chi connectivity index (χ1n) is 7.78. The van der Waals surface area contributed by atoms with E-state index in [1.807, 2.05) is 26.0 Å². The minimum Gasteiger partial charge on any atom is -0.486 e. The maximum Gasteiger partial charge on any atom is 0.233 e. The van der Waals surface area contributed by atoms with E-state index in [0.29, 0.717) is 22.0 Å². The van der Waals surface area contributed by atoms with Crippen LogP contribution >= 0.6 is 23.4 Å². The van der Waals surface area contributed by atoms with Crippen molar-refractivity contribution in [3.63, 3.8) is 0 Å². The zero-order valence-electron chi connectivity index (χ0n) is 13.5. The van der Waals surface area contributed by atoms with Gasteiger partial charge in [0.2, 0.25) is 11.1 Å². The van der Waals surface area contributed by atoms with Gasteiger partial charge in [0.05, 0.1) is 5.25 Å². The molecule has 1 fully saturated rings. The van der Waals surface area contributed by atoms with Gasteiger partial charge in [-0.05, 0) is 50.5 Å². The van der Waals surface area contributed by atoms with E-state index in [1.54, 1.807) is 6.07 Å². The van der Waals surface area contributed by atoms with E-state index < -0.39 is 0 Å². The number of carbonyl (C=O) groups is 1. The van der Waals surface area contributed by atoms with Gasteiger partial charge in [0.1, 0.15) is 12.4 Å². The highest BCUT2D eigenvalue weighted by Crippen LogP contribution is 2.24. The highest BCUT2D eigenvalue weighted by molar-refractivity contribution is 8.00. The van der Waals surface area contributed by atoms with Crippen molar-refractivity contribution in [2.75, 3.05) is 0 Å². The number of benzene rings is 1. The van der Waals surface area contributed by atoms with Gasteiger partial charge in [-0.15, -0.1) is 5.10 Å². The van der Waals surface area contributed by atoms with Crippen molar-refractivity contribution in [1.29, 1.82) is 0 Å². The van der Waals surface area contributed by atoms with Crippen molar-refractivity contribution in [2.24, 2.45) is 0 Å². The van der Waals surface area contributed by atoms with E-state index in [9.17, 15) is 4.79 Å². The quantitative estimate of drug-likeness (QED) is 0.736. The summed E-state index contributed by atoms with van der Waals surface area (Å²) in [4.78, 5) is 16.3. The number of aryl methyl sites for hydroxylation is 1. The predicted molar refractivity (Wildman–Crippen MR) is 93.4 cm³/mol. The van der Waals surface area contributed by atoms with E-state index in [-0.39, 0.29) is 17.8 Å². The molecule has 1 aromatic heterocycles. The summed E-state index contributed by atoms with van der Waals surface area (Å²) in [6.45, 7) is 4.05. The molecule has 128 valence electrons. The molecular weight excluding hydrogens is 348 g/mol. The monoisotopic (exact) mass is 366 g/mol. The lowest BCUT2D eigenvalue weighted by Gasteiger charge is -2.08. The van der Waals surface area contributed by atoms with Crippen LogP contribution in [0.3, 0.4) is 0 Å². The van der Waals surface area contributed by atoms with Crippen LogP contribution in [0.2, 0.25) is 5.02 Å². The van der Waals surface area contributed by atoms with E-state index in [0.717, 1.165) is 24.2 Å². The van der Waals surface area contributed by atoms with Crippen LogP contribution in [-0.2, 0) is 11.4 Å². The molecule has 1 saturated carbocycles. The average molecular weight is 367 g/mol. The number of aromatic amines is 1. The van der Waals surface area contributed by atoms with Gasteiger partial charge in [-0.25, -0.2) is 4.98 Å². The Hall–Kier alpha value is -1.73. The van der Waals surface area contributed by atoms with Gasteiger partial charge in [0.25, 0.3) is 0 Å². The number of aromatic nitrogens is 3. The number of nitrogens with zero attached hydrogens (tertiary/aromatic N) is 2. The van der Waals surface area contributed by atoms with Crippen molar-refractivity contribution in [3.8, 4) is 5.75 Å². The maximum atomic E-state index is 11.9. The second-order valence-electron chi connectivity index (χ2n) is 5.81. The largest absolute Gasteiger partial charge is 0.486 e. The van der Waals surface area contributed by atoms with E-state index in [1.165, 1.54) is 11.8 Å². The third kappa shape index (κ3) is 4.64. The number of carbonyl (C=O) groups excluding carboxylic acids is 1. The van der Waals surface area contributed by atoms with Crippen LogP contribution in [0, 0.1) is 6.92 Å². The Labute approximate surface area is 149 Å². The van der Waals surface area contributed by atoms with Crippen LogP contribution in [0.4, 0.5) is 0 Å². The first kappa shape index (κ1) is 17.1. The van der Waals surface area contributed by atoms with Gasteiger partial charge in [-0.3, -0.25) is 9.89 Å². The van der Waals surface area contributed by atoms with Crippen molar-refractivity contribution in [2.45, 2.75) is 49.7 Å². The molecule has 1 heterocycles. The fourth-order valence-electron chi connectivity index (χ4n) is 2.01. The van der Waals surface area contributed by atoms with Crippen molar-refractivity contribution in [3.05, 3.63) is 34.6 Å². The Bertz CT molecular complexity index is 733.